The van der Waals surface area contributed by atoms with Crippen molar-refractivity contribution in [3.8, 4) is 22.9 Å². The number of fused-ring (bicyclic) bond motifs is 1. The van der Waals surface area contributed by atoms with Gasteiger partial charge in [-0.1, -0.05) is 41.4 Å². The van der Waals surface area contributed by atoms with Gasteiger partial charge in [-0.2, -0.15) is 0 Å². The number of ether oxygens (including phenoxy) is 2. The van der Waals surface area contributed by atoms with Crippen LogP contribution in [0.4, 0.5) is 0 Å². The van der Waals surface area contributed by atoms with E-state index >= 15 is 0 Å². The van der Waals surface area contributed by atoms with E-state index in [1.807, 2.05) is 60.7 Å². The van der Waals surface area contributed by atoms with E-state index in [4.69, 9.17) is 37.7 Å². The van der Waals surface area contributed by atoms with Crippen LogP contribution in [0.25, 0.3) is 22.4 Å². The topological polar surface area (TPSA) is 36.3 Å². The van der Waals surface area contributed by atoms with Crippen molar-refractivity contribution in [2.24, 2.45) is 0 Å². The number of benzene rings is 3. The maximum Gasteiger partial charge on any atom is 0.142 e. The molecule has 3 aromatic carbocycles. The Bertz CT molecular complexity index is 1120. The second kappa shape index (κ2) is 8.13. The lowest BCUT2D eigenvalue weighted by Gasteiger charge is -2.12. The first-order valence-electron chi connectivity index (χ1n) is 8.83. The Morgan fingerprint density at radius 1 is 0.929 bits per heavy atom. The fourth-order valence-corrected chi connectivity index (χ4v) is 3.62. The van der Waals surface area contributed by atoms with Gasteiger partial charge in [0.25, 0.3) is 0 Å². The maximum atomic E-state index is 6.44. The number of imidazole rings is 1. The Hall–Kier alpha value is -2.69. The van der Waals surface area contributed by atoms with Gasteiger partial charge in [0.05, 0.1) is 29.7 Å². The molecule has 0 aliphatic rings. The number of aromatic nitrogens is 2. The lowest BCUT2D eigenvalue weighted by molar-refractivity contribution is 0.298. The van der Waals surface area contributed by atoms with Crippen LogP contribution >= 0.6 is 23.2 Å². The molecule has 28 heavy (non-hydrogen) atoms. The highest BCUT2D eigenvalue weighted by atomic mass is 35.5. The molecule has 0 bridgehead atoms. The monoisotopic (exact) mass is 412 g/mol. The minimum absolute atomic E-state index is 0.478. The van der Waals surface area contributed by atoms with Crippen LogP contribution in [0.1, 0.15) is 0 Å². The van der Waals surface area contributed by atoms with Crippen LogP contribution in [0, 0.1) is 0 Å². The zero-order valence-corrected chi connectivity index (χ0v) is 16.7. The maximum absolute atomic E-state index is 6.44. The molecule has 0 spiro atoms. The van der Waals surface area contributed by atoms with Crippen LogP contribution in [-0.2, 0) is 6.54 Å². The number of methoxy groups -OCH3 is 1. The predicted octanol–water partition coefficient (Wildman–Crippen LogP) is 6.10. The standard InChI is InChI=1S/C22H18Cl2N2O2/c1-27-16-5-4-6-17(14-16)28-12-11-26-21-8-3-2-7-20(21)25-22(26)18-10-9-15(23)13-19(18)24/h2-10,13-14H,11-12H2,1H3. The zero-order chi connectivity index (χ0) is 19.5. The third-order valence-electron chi connectivity index (χ3n) is 4.45. The van der Waals surface area contributed by atoms with Gasteiger partial charge >= 0.3 is 0 Å². The number of rotatable bonds is 6. The first-order valence-corrected chi connectivity index (χ1v) is 9.59. The summed E-state index contributed by atoms with van der Waals surface area (Å²) in [6, 6.07) is 21.0. The molecule has 6 heteroatoms. The van der Waals surface area contributed by atoms with E-state index in [0.717, 1.165) is 33.9 Å². The Morgan fingerprint density at radius 2 is 1.75 bits per heavy atom. The Morgan fingerprint density at radius 3 is 2.57 bits per heavy atom. The number of nitrogens with zero attached hydrogens (tertiary/aromatic N) is 2. The lowest BCUT2D eigenvalue weighted by atomic mass is 10.2. The highest BCUT2D eigenvalue weighted by molar-refractivity contribution is 6.36. The van der Waals surface area contributed by atoms with Crippen molar-refractivity contribution in [2.45, 2.75) is 6.54 Å². The molecule has 0 unspecified atom stereocenters. The average molecular weight is 413 g/mol. The average Bonchev–Trinajstić information content (AvgIpc) is 3.06. The van der Waals surface area contributed by atoms with Gasteiger partial charge < -0.3 is 14.0 Å². The quantitative estimate of drug-likeness (QED) is 0.383. The third kappa shape index (κ3) is 3.79. The largest absolute Gasteiger partial charge is 0.497 e. The minimum Gasteiger partial charge on any atom is -0.497 e. The number of para-hydroxylation sites is 2. The molecular weight excluding hydrogens is 395 g/mol. The fraction of sp³-hybridized carbons (Fsp3) is 0.136. The number of hydrogen-bond donors (Lipinski definition) is 0. The Balaban J connectivity index is 1.65. The van der Waals surface area contributed by atoms with E-state index in [-0.39, 0.29) is 0 Å². The summed E-state index contributed by atoms with van der Waals surface area (Å²) >= 11 is 12.5. The predicted molar refractivity (Wildman–Crippen MR) is 114 cm³/mol. The van der Waals surface area contributed by atoms with Crippen molar-refractivity contribution in [1.82, 2.24) is 9.55 Å². The van der Waals surface area contributed by atoms with Gasteiger partial charge in [-0.3, -0.25) is 0 Å². The Kier molecular flexibility index (Phi) is 5.42. The smallest absolute Gasteiger partial charge is 0.142 e. The highest BCUT2D eigenvalue weighted by Gasteiger charge is 2.15. The molecule has 0 amide bonds. The molecule has 4 aromatic rings. The van der Waals surface area contributed by atoms with Crippen molar-refractivity contribution < 1.29 is 9.47 Å². The number of halogens is 2. The van der Waals surface area contributed by atoms with Crippen molar-refractivity contribution in [3.63, 3.8) is 0 Å². The summed E-state index contributed by atoms with van der Waals surface area (Å²) in [6.07, 6.45) is 0. The molecule has 0 aliphatic carbocycles. The van der Waals surface area contributed by atoms with Gasteiger partial charge in [-0.25, -0.2) is 4.98 Å². The molecule has 0 saturated heterocycles. The van der Waals surface area contributed by atoms with Gasteiger partial charge in [0.15, 0.2) is 0 Å². The van der Waals surface area contributed by atoms with Crippen molar-refractivity contribution >= 4 is 34.2 Å². The molecule has 0 saturated carbocycles. The molecule has 142 valence electrons. The molecule has 4 nitrogen and oxygen atoms in total. The van der Waals surface area contributed by atoms with Crippen molar-refractivity contribution in [1.29, 1.82) is 0 Å². The second-order valence-electron chi connectivity index (χ2n) is 6.23. The molecule has 0 radical (unpaired) electrons. The third-order valence-corrected chi connectivity index (χ3v) is 5.00. The molecule has 1 aromatic heterocycles. The summed E-state index contributed by atoms with van der Waals surface area (Å²) in [7, 11) is 1.64. The Labute approximate surface area is 173 Å². The fourth-order valence-electron chi connectivity index (χ4n) is 3.12. The highest BCUT2D eigenvalue weighted by Crippen LogP contribution is 2.32. The van der Waals surface area contributed by atoms with Gasteiger partial charge in [0.1, 0.15) is 23.9 Å². The summed E-state index contributed by atoms with van der Waals surface area (Å²) < 4.78 is 13.3. The molecule has 0 aliphatic heterocycles. The van der Waals surface area contributed by atoms with Crippen LogP contribution in [0.5, 0.6) is 11.5 Å². The van der Waals surface area contributed by atoms with E-state index in [0.29, 0.717) is 23.2 Å². The van der Waals surface area contributed by atoms with Gasteiger partial charge in [-0.15, -0.1) is 0 Å². The molecule has 0 fully saturated rings. The van der Waals surface area contributed by atoms with Crippen LogP contribution in [0.2, 0.25) is 10.0 Å². The molecule has 0 N–H and O–H groups in total. The van der Waals surface area contributed by atoms with Crippen LogP contribution in [-0.4, -0.2) is 23.3 Å². The van der Waals surface area contributed by atoms with Crippen molar-refractivity contribution in [2.75, 3.05) is 13.7 Å². The van der Waals surface area contributed by atoms with E-state index < -0.39 is 0 Å². The van der Waals surface area contributed by atoms with Gasteiger partial charge in [0.2, 0.25) is 0 Å². The lowest BCUT2D eigenvalue weighted by Crippen LogP contribution is -2.09. The van der Waals surface area contributed by atoms with Crippen LogP contribution in [0.3, 0.4) is 0 Å². The summed E-state index contributed by atoms with van der Waals surface area (Å²) in [5.74, 6) is 2.31. The van der Waals surface area contributed by atoms with E-state index in [1.165, 1.54) is 0 Å². The molecule has 4 rings (SSSR count). The van der Waals surface area contributed by atoms with Crippen molar-refractivity contribution in [3.05, 3.63) is 76.8 Å². The summed E-state index contributed by atoms with van der Waals surface area (Å²) in [4.78, 5) is 4.79. The molecule has 0 atom stereocenters. The normalized spacial score (nSPS) is 11.0. The molecule has 1 heterocycles. The molecular formula is C22H18Cl2N2O2. The van der Waals surface area contributed by atoms with E-state index in [1.54, 1.807) is 13.2 Å². The van der Waals surface area contributed by atoms with E-state index in [9.17, 15) is 0 Å². The van der Waals surface area contributed by atoms with Crippen LogP contribution in [0.15, 0.2) is 66.7 Å². The first kappa shape index (κ1) is 18.7. The minimum atomic E-state index is 0.478. The SMILES string of the molecule is COc1cccc(OCCn2c(-c3ccc(Cl)cc3Cl)nc3ccccc32)c1. The van der Waals surface area contributed by atoms with E-state index in [2.05, 4.69) is 4.57 Å². The first-order chi connectivity index (χ1) is 13.7. The number of hydrogen-bond acceptors (Lipinski definition) is 3. The summed E-state index contributed by atoms with van der Waals surface area (Å²) in [5, 5.41) is 1.16. The summed E-state index contributed by atoms with van der Waals surface area (Å²) in [5.41, 5.74) is 2.77. The second-order valence-corrected chi connectivity index (χ2v) is 7.07. The van der Waals surface area contributed by atoms with Gasteiger partial charge in [0, 0.05) is 16.7 Å². The zero-order valence-electron chi connectivity index (χ0n) is 15.2. The summed E-state index contributed by atoms with van der Waals surface area (Å²) in [6.45, 7) is 1.09. The van der Waals surface area contributed by atoms with Crippen LogP contribution < -0.4 is 9.47 Å². The van der Waals surface area contributed by atoms with Gasteiger partial charge in [-0.05, 0) is 42.5 Å².